The molecule has 1 amide bonds. The zero-order valence-electron chi connectivity index (χ0n) is 12.5. The van der Waals surface area contributed by atoms with Gasteiger partial charge >= 0.3 is 12.1 Å². The number of carboxylic acid groups (broad SMARTS) is 1. The van der Waals surface area contributed by atoms with Crippen LogP contribution in [0.1, 0.15) is 28.9 Å². The molecule has 0 aliphatic carbocycles. The predicted molar refractivity (Wildman–Crippen MR) is 80.4 cm³/mol. The third kappa shape index (κ3) is 4.37. The number of aromatic amines is 1. The van der Waals surface area contributed by atoms with Gasteiger partial charge in [-0.1, -0.05) is 30.3 Å². The van der Waals surface area contributed by atoms with Gasteiger partial charge in [-0.05, 0) is 18.1 Å². The van der Waals surface area contributed by atoms with Gasteiger partial charge in [-0.3, -0.25) is 9.59 Å². The molecule has 5 nitrogen and oxygen atoms in total. The fraction of sp³-hybridized carbons (Fsp3) is 0.250. The minimum Gasteiger partial charge on any atom is -0.481 e. The van der Waals surface area contributed by atoms with Gasteiger partial charge in [0.1, 0.15) is 5.69 Å². The second kappa shape index (κ2) is 7.20. The van der Waals surface area contributed by atoms with Crippen molar-refractivity contribution in [1.82, 2.24) is 10.3 Å². The van der Waals surface area contributed by atoms with Crippen LogP contribution in [0.4, 0.5) is 13.2 Å². The molecule has 0 unspecified atom stereocenters. The van der Waals surface area contributed by atoms with Gasteiger partial charge in [0.2, 0.25) is 0 Å². The van der Waals surface area contributed by atoms with Crippen LogP contribution in [0, 0.1) is 0 Å². The van der Waals surface area contributed by atoms with Crippen LogP contribution in [0.15, 0.2) is 36.4 Å². The van der Waals surface area contributed by atoms with Crippen molar-refractivity contribution in [2.75, 3.05) is 6.54 Å². The number of alkyl halides is 3. The third-order valence-corrected chi connectivity index (χ3v) is 3.28. The van der Waals surface area contributed by atoms with Crippen molar-refractivity contribution in [2.24, 2.45) is 0 Å². The molecule has 1 aromatic carbocycles. The quantitative estimate of drug-likeness (QED) is 0.706. The number of hydrogen-bond acceptors (Lipinski definition) is 2. The first-order chi connectivity index (χ1) is 11.3. The highest BCUT2D eigenvalue weighted by Gasteiger charge is 2.37. The Labute approximate surface area is 135 Å². The van der Waals surface area contributed by atoms with E-state index < -0.39 is 29.3 Å². The summed E-state index contributed by atoms with van der Waals surface area (Å²) >= 11 is 0. The highest BCUT2D eigenvalue weighted by molar-refractivity contribution is 5.97. The molecule has 0 spiro atoms. The molecule has 0 fully saturated rings. The molecule has 2 aromatic rings. The Morgan fingerprint density at radius 3 is 2.42 bits per heavy atom. The van der Waals surface area contributed by atoms with E-state index in [-0.39, 0.29) is 25.1 Å². The minimum absolute atomic E-state index is 0.0196. The molecule has 24 heavy (non-hydrogen) atoms. The molecule has 1 heterocycles. The number of carboxylic acids is 1. The lowest BCUT2D eigenvalue weighted by atomic mass is 10.1. The summed E-state index contributed by atoms with van der Waals surface area (Å²) in [5, 5.41) is 10.8. The van der Waals surface area contributed by atoms with E-state index in [9.17, 15) is 22.8 Å². The molecule has 128 valence electrons. The lowest BCUT2D eigenvalue weighted by Crippen LogP contribution is -2.26. The monoisotopic (exact) mass is 340 g/mol. The number of H-pyrrole nitrogens is 1. The van der Waals surface area contributed by atoms with E-state index in [1.807, 2.05) is 0 Å². The molecule has 0 saturated carbocycles. The molecule has 0 saturated heterocycles. The molecule has 1 aromatic heterocycles. The summed E-state index contributed by atoms with van der Waals surface area (Å²) in [6.45, 7) is -0.0196. The van der Waals surface area contributed by atoms with Crippen LogP contribution in [-0.4, -0.2) is 28.5 Å². The molecule has 0 radical (unpaired) electrons. The molecule has 3 N–H and O–H groups in total. The number of aromatic nitrogens is 1. The van der Waals surface area contributed by atoms with Gasteiger partial charge in [0, 0.05) is 18.7 Å². The van der Waals surface area contributed by atoms with Gasteiger partial charge in [0.15, 0.2) is 0 Å². The van der Waals surface area contributed by atoms with Gasteiger partial charge in [-0.2, -0.15) is 13.2 Å². The highest BCUT2D eigenvalue weighted by atomic mass is 19.4. The Morgan fingerprint density at radius 2 is 1.83 bits per heavy atom. The lowest BCUT2D eigenvalue weighted by Gasteiger charge is -2.08. The van der Waals surface area contributed by atoms with Crippen LogP contribution in [0.3, 0.4) is 0 Å². The van der Waals surface area contributed by atoms with Crippen molar-refractivity contribution in [2.45, 2.75) is 19.0 Å². The van der Waals surface area contributed by atoms with Crippen molar-refractivity contribution >= 4 is 11.9 Å². The summed E-state index contributed by atoms with van der Waals surface area (Å²) < 4.78 is 39.4. The molecule has 0 bridgehead atoms. The molecular formula is C16H15F3N2O3. The number of aliphatic carboxylic acids is 1. The molecule has 0 atom stereocenters. The van der Waals surface area contributed by atoms with Crippen LogP contribution in [0.2, 0.25) is 0 Å². The molecule has 2 rings (SSSR count). The Balaban J connectivity index is 2.23. The van der Waals surface area contributed by atoms with Crippen molar-refractivity contribution in [3.8, 4) is 11.3 Å². The maximum atomic E-state index is 13.1. The number of rotatable bonds is 6. The van der Waals surface area contributed by atoms with E-state index in [2.05, 4.69) is 10.3 Å². The zero-order chi connectivity index (χ0) is 17.7. The maximum absolute atomic E-state index is 13.1. The summed E-state index contributed by atoms with van der Waals surface area (Å²) in [6.07, 6.45) is -4.74. The van der Waals surface area contributed by atoms with Crippen molar-refractivity contribution in [1.29, 1.82) is 0 Å². The van der Waals surface area contributed by atoms with Gasteiger partial charge in [-0.25, -0.2) is 0 Å². The summed E-state index contributed by atoms with van der Waals surface area (Å²) in [5.41, 5.74) is -0.944. The van der Waals surface area contributed by atoms with Crippen molar-refractivity contribution in [3.05, 3.63) is 47.7 Å². The Kier molecular flexibility index (Phi) is 5.28. The van der Waals surface area contributed by atoms with Gasteiger partial charge in [0.25, 0.3) is 5.91 Å². The first-order valence-corrected chi connectivity index (χ1v) is 7.14. The zero-order valence-corrected chi connectivity index (χ0v) is 12.5. The number of benzene rings is 1. The number of carbonyl (C=O) groups is 2. The lowest BCUT2D eigenvalue weighted by molar-refractivity contribution is -0.141. The van der Waals surface area contributed by atoms with Crippen molar-refractivity contribution in [3.63, 3.8) is 0 Å². The number of nitrogens with one attached hydrogen (secondary N) is 2. The van der Waals surface area contributed by atoms with Gasteiger partial charge in [-0.15, -0.1) is 0 Å². The van der Waals surface area contributed by atoms with E-state index in [4.69, 9.17) is 5.11 Å². The average Bonchev–Trinajstić information content (AvgIpc) is 2.97. The summed E-state index contributed by atoms with van der Waals surface area (Å²) in [7, 11) is 0. The van der Waals surface area contributed by atoms with Crippen molar-refractivity contribution < 1.29 is 27.9 Å². The molecular weight excluding hydrogens is 325 g/mol. The van der Waals surface area contributed by atoms with E-state index in [0.717, 1.165) is 6.07 Å². The topological polar surface area (TPSA) is 82.2 Å². The van der Waals surface area contributed by atoms with Gasteiger partial charge < -0.3 is 15.4 Å². The third-order valence-electron chi connectivity index (χ3n) is 3.28. The van der Waals surface area contributed by atoms with Crippen LogP contribution in [0.5, 0.6) is 0 Å². The smallest absolute Gasteiger partial charge is 0.432 e. The predicted octanol–water partition coefficient (Wildman–Crippen LogP) is 3.30. The van der Waals surface area contributed by atoms with Gasteiger partial charge in [0.05, 0.1) is 5.56 Å². The molecule has 0 aliphatic rings. The number of halogens is 3. The minimum atomic E-state index is -4.71. The molecule has 8 heteroatoms. The fourth-order valence-corrected chi connectivity index (χ4v) is 2.17. The van der Waals surface area contributed by atoms with E-state index >= 15 is 0 Å². The SMILES string of the molecule is O=C(O)CCCNC(=O)c1cc(-c2ccccc2)[nH]c1C(F)(F)F. The summed E-state index contributed by atoms with van der Waals surface area (Å²) in [5.74, 6) is -1.93. The number of amides is 1. The number of hydrogen-bond donors (Lipinski definition) is 3. The maximum Gasteiger partial charge on any atom is 0.432 e. The normalized spacial score (nSPS) is 11.3. The number of carbonyl (C=O) groups excluding carboxylic acids is 1. The van der Waals surface area contributed by atoms with Crippen LogP contribution < -0.4 is 5.32 Å². The fourth-order valence-electron chi connectivity index (χ4n) is 2.17. The van der Waals surface area contributed by atoms with E-state index in [1.165, 1.54) is 0 Å². The standard InChI is InChI=1S/C16H15F3N2O3/c17-16(18,19)14-11(15(24)20-8-4-7-13(22)23)9-12(21-14)10-5-2-1-3-6-10/h1-3,5-6,9,21H,4,7-8H2,(H,20,24)(H,22,23). The van der Waals surface area contributed by atoms with Crippen LogP contribution >= 0.6 is 0 Å². The second-order valence-electron chi connectivity index (χ2n) is 5.09. The van der Waals surface area contributed by atoms with Crippen LogP contribution in [0.25, 0.3) is 11.3 Å². The highest BCUT2D eigenvalue weighted by Crippen LogP contribution is 2.34. The van der Waals surface area contributed by atoms with E-state index in [1.54, 1.807) is 30.3 Å². The Hall–Kier alpha value is -2.77. The van der Waals surface area contributed by atoms with Crippen LogP contribution in [-0.2, 0) is 11.0 Å². The average molecular weight is 340 g/mol. The summed E-state index contributed by atoms with van der Waals surface area (Å²) in [4.78, 5) is 24.7. The Morgan fingerprint density at radius 1 is 1.17 bits per heavy atom. The summed E-state index contributed by atoms with van der Waals surface area (Å²) in [6, 6.07) is 9.48. The first kappa shape index (κ1) is 17.6. The second-order valence-corrected chi connectivity index (χ2v) is 5.09. The molecule has 0 aliphatic heterocycles. The first-order valence-electron chi connectivity index (χ1n) is 7.14. The van der Waals surface area contributed by atoms with E-state index in [0.29, 0.717) is 5.56 Å². The largest absolute Gasteiger partial charge is 0.481 e. The Bertz CT molecular complexity index is 724.